The van der Waals surface area contributed by atoms with Gasteiger partial charge in [-0.3, -0.25) is 10.00 Å². The highest BCUT2D eigenvalue weighted by Gasteiger charge is 2.25. The number of H-pyrrole nitrogens is 1. The van der Waals surface area contributed by atoms with Gasteiger partial charge < -0.3 is 9.47 Å². The van der Waals surface area contributed by atoms with E-state index in [1.165, 1.54) is 12.8 Å². The van der Waals surface area contributed by atoms with E-state index >= 15 is 0 Å². The fourth-order valence-electron chi connectivity index (χ4n) is 2.29. The van der Waals surface area contributed by atoms with Crippen molar-refractivity contribution in [1.29, 1.82) is 0 Å². The molecule has 1 N–H and O–H groups in total. The molecule has 2 aliphatic rings. The minimum atomic E-state index is -0.0119. The highest BCUT2D eigenvalue weighted by atomic mass is 16.5. The lowest BCUT2D eigenvalue weighted by atomic mass is 10.2. The highest BCUT2D eigenvalue weighted by Crippen LogP contribution is 2.28. The predicted octanol–water partition coefficient (Wildman–Crippen LogP) is 0.913. The van der Waals surface area contributed by atoms with Crippen molar-refractivity contribution in [3.8, 4) is 0 Å². The van der Waals surface area contributed by atoms with Gasteiger partial charge in [-0.1, -0.05) is 0 Å². The maximum atomic E-state index is 5.73. The van der Waals surface area contributed by atoms with E-state index < -0.39 is 0 Å². The van der Waals surface area contributed by atoms with Gasteiger partial charge in [-0.15, -0.1) is 0 Å². The van der Waals surface area contributed by atoms with E-state index in [9.17, 15) is 0 Å². The first-order valence-corrected chi connectivity index (χ1v) is 7.12. The van der Waals surface area contributed by atoms with Gasteiger partial charge in [0.15, 0.2) is 5.82 Å². The van der Waals surface area contributed by atoms with Crippen LogP contribution < -0.4 is 0 Å². The standard InChI is InChI=1S/C13H22N4O2/c1-10-14-13(16-15-10)12-8-17(5-7-19-12)4-6-18-9-11-2-3-11/h11-12H,2-9H2,1H3,(H,14,15,16)/t12-/m1/s1. The number of aromatic amines is 1. The molecule has 1 aromatic rings. The van der Waals surface area contributed by atoms with Crippen LogP contribution in [0.2, 0.25) is 0 Å². The summed E-state index contributed by atoms with van der Waals surface area (Å²) in [6.07, 6.45) is 2.69. The fourth-order valence-corrected chi connectivity index (χ4v) is 2.29. The van der Waals surface area contributed by atoms with Crippen LogP contribution in [-0.4, -0.2) is 59.5 Å². The minimum Gasteiger partial charge on any atom is -0.380 e. The van der Waals surface area contributed by atoms with Crippen molar-refractivity contribution in [2.24, 2.45) is 5.92 Å². The van der Waals surface area contributed by atoms with Crippen LogP contribution in [0.15, 0.2) is 0 Å². The summed E-state index contributed by atoms with van der Waals surface area (Å²) in [5, 5.41) is 7.05. The summed E-state index contributed by atoms with van der Waals surface area (Å²) in [6.45, 7) is 7.18. The quantitative estimate of drug-likeness (QED) is 0.776. The van der Waals surface area contributed by atoms with Crippen LogP contribution in [-0.2, 0) is 9.47 Å². The second-order valence-electron chi connectivity index (χ2n) is 5.46. The van der Waals surface area contributed by atoms with E-state index in [1.54, 1.807) is 0 Å². The summed E-state index contributed by atoms with van der Waals surface area (Å²) in [7, 11) is 0. The topological polar surface area (TPSA) is 63.3 Å². The van der Waals surface area contributed by atoms with Crippen molar-refractivity contribution in [1.82, 2.24) is 20.1 Å². The zero-order valence-corrected chi connectivity index (χ0v) is 11.5. The molecule has 1 aliphatic carbocycles. The van der Waals surface area contributed by atoms with Crippen LogP contribution in [0.3, 0.4) is 0 Å². The van der Waals surface area contributed by atoms with E-state index in [4.69, 9.17) is 9.47 Å². The fraction of sp³-hybridized carbons (Fsp3) is 0.846. The molecule has 0 bridgehead atoms. The Balaban J connectivity index is 1.42. The number of rotatable bonds is 6. The Bertz CT molecular complexity index is 405. The smallest absolute Gasteiger partial charge is 0.180 e. The Labute approximate surface area is 113 Å². The van der Waals surface area contributed by atoms with Crippen LogP contribution >= 0.6 is 0 Å². The first-order valence-electron chi connectivity index (χ1n) is 7.12. The van der Waals surface area contributed by atoms with Gasteiger partial charge in [0.25, 0.3) is 0 Å². The van der Waals surface area contributed by atoms with Crippen LogP contribution in [0, 0.1) is 12.8 Å². The number of hydrogen-bond donors (Lipinski definition) is 1. The van der Waals surface area contributed by atoms with Crippen molar-refractivity contribution in [2.45, 2.75) is 25.9 Å². The molecule has 1 saturated carbocycles. The van der Waals surface area contributed by atoms with Gasteiger partial charge in [-0.2, -0.15) is 5.10 Å². The summed E-state index contributed by atoms with van der Waals surface area (Å²) < 4.78 is 11.4. The first kappa shape index (κ1) is 13.0. The van der Waals surface area contributed by atoms with Crippen LogP contribution in [0.25, 0.3) is 0 Å². The molecule has 0 aromatic carbocycles. The zero-order chi connectivity index (χ0) is 13.1. The average molecular weight is 266 g/mol. The third kappa shape index (κ3) is 3.75. The van der Waals surface area contributed by atoms with Crippen LogP contribution in [0.4, 0.5) is 0 Å². The lowest BCUT2D eigenvalue weighted by Gasteiger charge is -2.31. The van der Waals surface area contributed by atoms with Gasteiger partial charge in [0.05, 0.1) is 13.2 Å². The number of ether oxygens (including phenoxy) is 2. The summed E-state index contributed by atoms with van der Waals surface area (Å²) in [6, 6.07) is 0. The number of aromatic nitrogens is 3. The second kappa shape index (κ2) is 5.98. The molecule has 6 nitrogen and oxygen atoms in total. The molecule has 0 radical (unpaired) electrons. The molecule has 106 valence electrons. The third-order valence-electron chi connectivity index (χ3n) is 3.66. The van der Waals surface area contributed by atoms with E-state index in [-0.39, 0.29) is 6.10 Å². The number of hydrogen-bond acceptors (Lipinski definition) is 5. The van der Waals surface area contributed by atoms with Crippen LogP contribution in [0.1, 0.15) is 30.6 Å². The Kier molecular flexibility index (Phi) is 4.10. The summed E-state index contributed by atoms with van der Waals surface area (Å²) in [5.41, 5.74) is 0. The Morgan fingerprint density at radius 1 is 1.47 bits per heavy atom. The Hall–Kier alpha value is -0.980. The molecular formula is C13H22N4O2. The molecule has 1 aromatic heterocycles. The van der Waals surface area contributed by atoms with E-state index in [0.29, 0.717) is 0 Å². The van der Waals surface area contributed by atoms with Gasteiger partial charge in [0, 0.05) is 26.2 Å². The number of morpholine rings is 1. The monoisotopic (exact) mass is 266 g/mol. The Morgan fingerprint density at radius 3 is 3.11 bits per heavy atom. The van der Waals surface area contributed by atoms with Crippen molar-refractivity contribution >= 4 is 0 Å². The molecule has 3 rings (SSSR count). The van der Waals surface area contributed by atoms with E-state index in [1.807, 2.05) is 6.92 Å². The molecule has 1 saturated heterocycles. The van der Waals surface area contributed by atoms with Gasteiger partial charge in [-0.05, 0) is 25.7 Å². The largest absolute Gasteiger partial charge is 0.380 e. The number of nitrogens with one attached hydrogen (secondary N) is 1. The zero-order valence-electron chi connectivity index (χ0n) is 11.5. The normalized spacial score (nSPS) is 24.8. The van der Waals surface area contributed by atoms with Crippen molar-refractivity contribution < 1.29 is 9.47 Å². The molecule has 0 unspecified atom stereocenters. The maximum Gasteiger partial charge on any atom is 0.180 e. The van der Waals surface area contributed by atoms with Crippen molar-refractivity contribution in [3.05, 3.63) is 11.6 Å². The third-order valence-corrected chi connectivity index (χ3v) is 3.66. The van der Waals surface area contributed by atoms with Crippen molar-refractivity contribution in [3.63, 3.8) is 0 Å². The lowest BCUT2D eigenvalue weighted by molar-refractivity contribution is -0.0419. The highest BCUT2D eigenvalue weighted by molar-refractivity contribution is 4.95. The van der Waals surface area contributed by atoms with E-state index in [0.717, 1.165) is 57.0 Å². The first-order chi connectivity index (χ1) is 9.31. The van der Waals surface area contributed by atoms with E-state index in [2.05, 4.69) is 20.1 Å². The SMILES string of the molecule is Cc1nc([C@H]2CN(CCOCC3CC3)CCO2)n[nH]1. The number of aryl methyl sites for hydroxylation is 1. The molecular weight excluding hydrogens is 244 g/mol. The van der Waals surface area contributed by atoms with Gasteiger partial charge in [0.1, 0.15) is 11.9 Å². The summed E-state index contributed by atoms with van der Waals surface area (Å²) >= 11 is 0. The predicted molar refractivity (Wildman–Crippen MR) is 69.8 cm³/mol. The second-order valence-corrected chi connectivity index (χ2v) is 5.46. The molecule has 1 atom stereocenters. The molecule has 0 spiro atoms. The van der Waals surface area contributed by atoms with Gasteiger partial charge in [0.2, 0.25) is 0 Å². The number of nitrogens with zero attached hydrogens (tertiary/aromatic N) is 3. The average Bonchev–Trinajstić information content (AvgIpc) is 3.15. The molecule has 2 fully saturated rings. The molecule has 19 heavy (non-hydrogen) atoms. The van der Waals surface area contributed by atoms with Gasteiger partial charge in [-0.25, -0.2) is 4.98 Å². The minimum absolute atomic E-state index is 0.0119. The maximum absolute atomic E-state index is 5.73. The summed E-state index contributed by atoms with van der Waals surface area (Å²) in [5.74, 6) is 2.44. The molecule has 1 aliphatic heterocycles. The lowest BCUT2D eigenvalue weighted by Crippen LogP contribution is -2.40. The molecule has 6 heteroatoms. The molecule has 0 amide bonds. The Morgan fingerprint density at radius 2 is 2.37 bits per heavy atom. The van der Waals surface area contributed by atoms with Gasteiger partial charge >= 0.3 is 0 Å². The molecule has 2 heterocycles. The van der Waals surface area contributed by atoms with Crippen LogP contribution in [0.5, 0.6) is 0 Å². The van der Waals surface area contributed by atoms with Crippen molar-refractivity contribution in [2.75, 3.05) is 39.5 Å². The summed E-state index contributed by atoms with van der Waals surface area (Å²) in [4.78, 5) is 6.71.